The molecule has 1 aromatic carbocycles. The number of benzene rings is 1. The van der Waals surface area contributed by atoms with Gasteiger partial charge < -0.3 is 20.1 Å². The lowest BCUT2D eigenvalue weighted by atomic mass is 9.89. The van der Waals surface area contributed by atoms with Crippen LogP contribution in [0.4, 0.5) is 13.2 Å². The fourth-order valence-electron chi connectivity index (χ4n) is 3.66. The highest BCUT2D eigenvalue weighted by molar-refractivity contribution is 5.30. The van der Waals surface area contributed by atoms with Crippen molar-refractivity contribution in [1.82, 2.24) is 0 Å². The van der Waals surface area contributed by atoms with E-state index in [4.69, 9.17) is 4.74 Å². The number of rotatable bonds is 10. The summed E-state index contributed by atoms with van der Waals surface area (Å²) in [5.74, 6) is -0.437. The number of ether oxygens (including phenoxy) is 1. The van der Waals surface area contributed by atoms with Crippen molar-refractivity contribution < 1.29 is 33.2 Å². The number of unbranched alkanes of at least 4 members (excludes halogenated alkanes) is 2. The van der Waals surface area contributed by atoms with Crippen LogP contribution in [0.15, 0.2) is 48.6 Å². The molecule has 1 aliphatic carbocycles. The third kappa shape index (κ3) is 7.45. The molecule has 0 amide bonds. The average molecular weight is 428 g/mol. The lowest BCUT2D eigenvalue weighted by molar-refractivity contribution is -0.137. The van der Waals surface area contributed by atoms with Crippen molar-refractivity contribution in [2.45, 2.75) is 63.5 Å². The first kappa shape index (κ1) is 24.4. The molecule has 1 aliphatic rings. The highest BCUT2D eigenvalue weighted by atomic mass is 19.4. The molecule has 2 rings (SSSR count). The van der Waals surface area contributed by atoms with Crippen LogP contribution < -0.4 is 4.74 Å². The van der Waals surface area contributed by atoms with Crippen molar-refractivity contribution in [3.63, 3.8) is 0 Å². The lowest BCUT2D eigenvalue weighted by Gasteiger charge is -2.19. The largest absolute Gasteiger partial charge is 0.491 e. The second-order valence-corrected chi connectivity index (χ2v) is 7.75. The van der Waals surface area contributed by atoms with E-state index in [0.717, 1.165) is 31.4 Å². The SMILES string of the molecule is CCCC/C=C\CC1C(O)CC(O)[C@@H]1/C=C/C(O)COc1cccc(C(F)(F)F)c1. The zero-order valence-corrected chi connectivity index (χ0v) is 17.1. The Morgan fingerprint density at radius 3 is 2.67 bits per heavy atom. The minimum absolute atomic E-state index is 0.0173. The molecule has 5 atom stereocenters. The summed E-state index contributed by atoms with van der Waals surface area (Å²) in [5, 5.41) is 30.6. The molecule has 0 saturated heterocycles. The molecular formula is C23H31F3O4. The molecule has 3 N–H and O–H groups in total. The van der Waals surface area contributed by atoms with Crippen LogP contribution in [-0.2, 0) is 6.18 Å². The van der Waals surface area contributed by atoms with Gasteiger partial charge in [0.2, 0.25) is 0 Å². The van der Waals surface area contributed by atoms with Crippen LogP contribution in [0.2, 0.25) is 0 Å². The molecule has 30 heavy (non-hydrogen) atoms. The molecular weight excluding hydrogens is 397 g/mol. The van der Waals surface area contributed by atoms with Gasteiger partial charge in [0, 0.05) is 12.3 Å². The maximum absolute atomic E-state index is 12.7. The maximum atomic E-state index is 12.7. The Bertz CT molecular complexity index is 702. The van der Waals surface area contributed by atoms with E-state index < -0.39 is 30.1 Å². The second-order valence-electron chi connectivity index (χ2n) is 7.75. The zero-order chi connectivity index (χ0) is 22.1. The molecule has 1 saturated carbocycles. The first-order chi connectivity index (χ1) is 14.2. The second kappa shape index (κ2) is 11.5. The summed E-state index contributed by atoms with van der Waals surface area (Å²) >= 11 is 0. The smallest absolute Gasteiger partial charge is 0.416 e. The van der Waals surface area contributed by atoms with E-state index in [1.54, 1.807) is 6.08 Å². The minimum Gasteiger partial charge on any atom is -0.491 e. The first-order valence-electron chi connectivity index (χ1n) is 10.4. The van der Waals surface area contributed by atoms with Crippen LogP contribution in [0.1, 0.15) is 44.6 Å². The molecule has 0 aromatic heterocycles. The van der Waals surface area contributed by atoms with Crippen molar-refractivity contribution in [3.8, 4) is 5.75 Å². The standard InChI is InChI=1S/C23H31F3O4/c1-2-3-4-5-6-10-19-20(22(29)14-21(19)28)12-11-17(27)15-30-18-9-7-8-16(13-18)23(24,25)26/h5-9,11-13,17,19-22,27-29H,2-4,10,14-15H2,1H3/b6-5-,12-11+/t17?,19?,20-,21?,22?/m1/s1. The summed E-state index contributed by atoms with van der Waals surface area (Å²) in [4.78, 5) is 0. The van der Waals surface area contributed by atoms with E-state index in [2.05, 4.69) is 13.0 Å². The highest BCUT2D eigenvalue weighted by Gasteiger charge is 2.39. The molecule has 7 heteroatoms. The highest BCUT2D eigenvalue weighted by Crippen LogP contribution is 2.36. The van der Waals surface area contributed by atoms with E-state index >= 15 is 0 Å². The van der Waals surface area contributed by atoms with E-state index in [1.807, 2.05) is 6.08 Å². The maximum Gasteiger partial charge on any atom is 0.416 e. The molecule has 1 aromatic rings. The molecule has 1 fully saturated rings. The summed E-state index contributed by atoms with van der Waals surface area (Å²) in [6.07, 6.45) is 4.51. The van der Waals surface area contributed by atoms with Gasteiger partial charge in [0.15, 0.2) is 0 Å². The summed E-state index contributed by atoms with van der Waals surface area (Å²) in [7, 11) is 0. The van der Waals surface area contributed by atoms with Crippen LogP contribution >= 0.6 is 0 Å². The molecule has 4 unspecified atom stereocenters. The Balaban J connectivity index is 1.90. The molecule has 0 radical (unpaired) electrons. The van der Waals surface area contributed by atoms with Gasteiger partial charge in [-0.25, -0.2) is 0 Å². The Hall–Kier alpha value is -1.83. The predicted octanol–water partition coefficient (Wildman–Crippen LogP) is 4.50. The van der Waals surface area contributed by atoms with Crippen molar-refractivity contribution in [3.05, 3.63) is 54.1 Å². The van der Waals surface area contributed by atoms with Gasteiger partial charge >= 0.3 is 6.18 Å². The quantitative estimate of drug-likeness (QED) is 0.379. The molecule has 0 spiro atoms. The normalized spacial score (nSPS) is 26.0. The van der Waals surface area contributed by atoms with Crippen molar-refractivity contribution in [2.24, 2.45) is 11.8 Å². The summed E-state index contributed by atoms with van der Waals surface area (Å²) < 4.78 is 43.5. The van der Waals surface area contributed by atoms with E-state index in [-0.39, 0.29) is 30.6 Å². The van der Waals surface area contributed by atoms with Crippen LogP contribution in [0.25, 0.3) is 0 Å². The van der Waals surface area contributed by atoms with Gasteiger partial charge in [0.25, 0.3) is 0 Å². The van der Waals surface area contributed by atoms with Crippen molar-refractivity contribution >= 4 is 0 Å². The summed E-state index contributed by atoms with van der Waals surface area (Å²) in [6.45, 7) is 1.90. The van der Waals surface area contributed by atoms with Crippen molar-refractivity contribution in [1.29, 1.82) is 0 Å². The number of aliphatic hydroxyl groups is 3. The van der Waals surface area contributed by atoms with Gasteiger partial charge in [-0.05, 0) is 37.0 Å². The van der Waals surface area contributed by atoms with Gasteiger partial charge in [-0.2, -0.15) is 13.2 Å². The lowest BCUT2D eigenvalue weighted by Crippen LogP contribution is -2.21. The van der Waals surface area contributed by atoms with Crippen LogP contribution in [-0.4, -0.2) is 40.2 Å². The fraction of sp³-hybridized carbons (Fsp3) is 0.565. The van der Waals surface area contributed by atoms with E-state index in [0.29, 0.717) is 6.42 Å². The average Bonchev–Trinajstić information content (AvgIpc) is 2.96. The van der Waals surface area contributed by atoms with Crippen LogP contribution in [0, 0.1) is 11.8 Å². The number of halogens is 3. The minimum atomic E-state index is -4.46. The monoisotopic (exact) mass is 428 g/mol. The molecule has 4 nitrogen and oxygen atoms in total. The molecule has 0 bridgehead atoms. The Kier molecular flexibility index (Phi) is 9.39. The van der Waals surface area contributed by atoms with Gasteiger partial charge in [0.1, 0.15) is 18.5 Å². The Morgan fingerprint density at radius 2 is 1.97 bits per heavy atom. The predicted molar refractivity (Wildman–Crippen MR) is 109 cm³/mol. The third-order valence-corrected chi connectivity index (χ3v) is 5.35. The van der Waals surface area contributed by atoms with Gasteiger partial charge in [-0.3, -0.25) is 0 Å². The summed E-state index contributed by atoms with van der Waals surface area (Å²) in [6, 6.07) is 4.47. The van der Waals surface area contributed by atoms with E-state index in [1.165, 1.54) is 18.2 Å². The number of hydrogen-bond donors (Lipinski definition) is 3. The molecule has 0 aliphatic heterocycles. The van der Waals surface area contributed by atoms with Gasteiger partial charge in [0.05, 0.1) is 17.8 Å². The van der Waals surface area contributed by atoms with Crippen LogP contribution in [0.5, 0.6) is 5.75 Å². The number of allylic oxidation sites excluding steroid dienone is 2. The number of hydrogen-bond acceptors (Lipinski definition) is 4. The zero-order valence-electron chi connectivity index (χ0n) is 17.1. The Morgan fingerprint density at radius 1 is 1.20 bits per heavy atom. The third-order valence-electron chi connectivity index (χ3n) is 5.35. The molecule has 0 heterocycles. The first-order valence-corrected chi connectivity index (χ1v) is 10.4. The van der Waals surface area contributed by atoms with Gasteiger partial charge in [-0.1, -0.05) is 50.1 Å². The molecule has 168 valence electrons. The van der Waals surface area contributed by atoms with Crippen molar-refractivity contribution in [2.75, 3.05) is 6.61 Å². The van der Waals surface area contributed by atoms with E-state index in [9.17, 15) is 28.5 Å². The topological polar surface area (TPSA) is 69.9 Å². The Labute approximate surface area is 175 Å². The fourth-order valence-corrected chi connectivity index (χ4v) is 3.66. The summed E-state index contributed by atoms with van der Waals surface area (Å²) in [5.41, 5.74) is -0.817. The van der Waals surface area contributed by atoms with Gasteiger partial charge in [-0.15, -0.1) is 0 Å². The number of aliphatic hydroxyl groups excluding tert-OH is 3. The van der Waals surface area contributed by atoms with Crippen LogP contribution in [0.3, 0.4) is 0 Å². The number of alkyl halides is 3.